The molecule has 0 heterocycles. The van der Waals surface area contributed by atoms with Gasteiger partial charge in [0.05, 0.1) is 33.7 Å². The van der Waals surface area contributed by atoms with Crippen LogP contribution in [-0.4, -0.2) is 94.1 Å². The summed E-state index contributed by atoms with van der Waals surface area (Å²) in [5, 5.41) is 9.27. The Kier molecular flexibility index (Phi) is 15.7. The Balaban J connectivity index is 3.71. The minimum atomic E-state index is -2.13. The van der Waals surface area contributed by atoms with Gasteiger partial charge in [-0.2, -0.15) is 0 Å². The van der Waals surface area contributed by atoms with E-state index >= 15 is 0 Å². The van der Waals surface area contributed by atoms with E-state index in [9.17, 15) is 19.2 Å². The van der Waals surface area contributed by atoms with Crippen molar-refractivity contribution in [3.05, 3.63) is 0 Å². The van der Waals surface area contributed by atoms with Crippen molar-refractivity contribution in [3.63, 3.8) is 0 Å². The lowest BCUT2D eigenvalue weighted by molar-refractivity contribution is 0.0455. The summed E-state index contributed by atoms with van der Waals surface area (Å²) in [4.78, 5) is 45.4. The molecule has 0 spiro atoms. The van der Waals surface area contributed by atoms with E-state index in [0.717, 1.165) is 6.04 Å². The number of rotatable bonds is 15. The third kappa shape index (κ3) is 17.9. The predicted molar refractivity (Wildman–Crippen MR) is 126 cm³/mol. The van der Waals surface area contributed by atoms with E-state index in [0.29, 0.717) is 0 Å². The molecule has 34 heavy (non-hydrogen) atoms. The molecule has 0 aliphatic rings. The molecule has 0 radical (unpaired) electrons. The lowest BCUT2D eigenvalue weighted by Gasteiger charge is -2.32. The minimum Gasteiger partial charge on any atom is -0.453 e. The first kappa shape index (κ1) is 31.4. The number of hydrogen-bond acceptors (Lipinski definition) is 10. The van der Waals surface area contributed by atoms with Gasteiger partial charge < -0.3 is 49.1 Å². The molecule has 0 bridgehead atoms. The summed E-state index contributed by atoms with van der Waals surface area (Å²) in [6.45, 7) is 10.1. The van der Waals surface area contributed by atoms with Crippen molar-refractivity contribution >= 4 is 41.0 Å². The molecule has 0 aliphatic heterocycles. The van der Waals surface area contributed by atoms with Crippen LogP contribution in [0, 0.1) is 0 Å². The molecule has 0 unspecified atom stereocenters. The highest BCUT2D eigenvalue weighted by Gasteiger charge is 2.33. The van der Waals surface area contributed by atoms with Crippen molar-refractivity contribution in [2.75, 3.05) is 53.1 Å². The van der Waals surface area contributed by atoms with Crippen LogP contribution in [0.1, 0.15) is 6.92 Å². The fraction of sp³-hybridized carbons (Fsp3) is 0.778. The Morgan fingerprint density at radius 3 is 1.53 bits per heavy atom. The molecule has 0 saturated carbocycles. The Morgan fingerprint density at radius 2 is 1.09 bits per heavy atom. The Bertz CT molecular complexity index is 652. The first-order chi connectivity index (χ1) is 15.9. The van der Waals surface area contributed by atoms with Gasteiger partial charge in [0.2, 0.25) is 8.32 Å². The second kappa shape index (κ2) is 17.0. The third-order valence-corrected chi connectivity index (χ3v) is 11.0. The van der Waals surface area contributed by atoms with Gasteiger partial charge in [0.25, 0.3) is 0 Å². The maximum absolute atomic E-state index is 11.8. The molecule has 0 aromatic carbocycles. The molecule has 0 rings (SSSR count). The van der Waals surface area contributed by atoms with Crippen LogP contribution in [0.2, 0.25) is 32.2 Å². The fourth-order valence-corrected chi connectivity index (χ4v) is 9.46. The molecule has 198 valence electrons. The van der Waals surface area contributed by atoms with Gasteiger partial charge in [0.1, 0.15) is 19.4 Å². The zero-order chi connectivity index (χ0) is 26.0. The second-order valence-corrected chi connectivity index (χ2v) is 16.8. The standard InChI is InChI=1S/C18H38N4O10Si2/c1-7-33(3,4)32-34(5,6)14-31-18(26)22-13-21-17(25)30-11-9-28-8-10-29-16(24)20-12-19-15(23)27-2/h7-14H2,1-6H3,(H,19,23)(H,20,24)(H,21,25)(H,22,26). The lowest BCUT2D eigenvalue weighted by Crippen LogP contribution is -2.48. The molecule has 14 nitrogen and oxygen atoms in total. The zero-order valence-corrected chi connectivity index (χ0v) is 22.7. The van der Waals surface area contributed by atoms with E-state index in [-0.39, 0.29) is 46.0 Å². The van der Waals surface area contributed by atoms with Gasteiger partial charge in [-0.3, -0.25) is 0 Å². The van der Waals surface area contributed by atoms with Crippen LogP contribution in [0.4, 0.5) is 19.2 Å². The van der Waals surface area contributed by atoms with E-state index in [2.05, 4.69) is 46.0 Å². The Labute approximate surface area is 201 Å². The van der Waals surface area contributed by atoms with Gasteiger partial charge in [-0.1, -0.05) is 6.92 Å². The molecule has 0 aliphatic carbocycles. The summed E-state index contributed by atoms with van der Waals surface area (Å²) >= 11 is 0. The number of methoxy groups -OCH3 is 1. The highest BCUT2D eigenvalue weighted by molar-refractivity contribution is 6.84. The van der Waals surface area contributed by atoms with Crippen LogP contribution in [0.3, 0.4) is 0 Å². The number of hydrogen-bond donors (Lipinski definition) is 4. The van der Waals surface area contributed by atoms with E-state index in [1.54, 1.807) is 0 Å². The molecular formula is C18H38N4O10Si2. The maximum Gasteiger partial charge on any atom is 0.408 e. The van der Waals surface area contributed by atoms with Crippen LogP contribution < -0.4 is 21.3 Å². The van der Waals surface area contributed by atoms with Crippen molar-refractivity contribution in [1.29, 1.82) is 0 Å². The van der Waals surface area contributed by atoms with Crippen LogP contribution in [-0.2, 0) is 27.8 Å². The van der Waals surface area contributed by atoms with Gasteiger partial charge in [0.15, 0.2) is 8.32 Å². The van der Waals surface area contributed by atoms with E-state index in [4.69, 9.17) is 23.1 Å². The summed E-state index contributed by atoms with van der Waals surface area (Å²) in [5.41, 5.74) is 0. The zero-order valence-electron chi connectivity index (χ0n) is 20.7. The van der Waals surface area contributed by atoms with Gasteiger partial charge >= 0.3 is 24.4 Å². The average Bonchev–Trinajstić information content (AvgIpc) is 2.76. The second-order valence-electron chi connectivity index (χ2n) is 7.99. The summed E-state index contributed by atoms with van der Waals surface area (Å²) in [6.07, 6.45) is -2.62. The Hall–Kier alpha value is -2.57. The smallest absolute Gasteiger partial charge is 0.408 e. The van der Waals surface area contributed by atoms with Crippen LogP contribution in [0.15, 0.2) is 0 Å². The molecule has 4 N–H and O–H groups in total. The van der Waals surface area contributed by atoms with Gasteiger partial charge in [0, 0.05) is 0 Å². The maximum atomic E-state index is 11.8. The number of ether oxygens (including phenoxy) is 5. The fourth-order valence-electron chi connectivity index (χ4n) is 2.18. The van der Waals surface area contributed by atoms with Crippen molar-refractivity contribution in [3.8, 4) is 0 Å². The molecule has 0 aromatic rings. The number of alkyl carbamates (subject to hydrolysis) is 4. The molecule has 0 atom stereocenters. The molecule has 4 amide bonds. The first-order valence-corrected chi connectivity index (χ1v) is 17.0. The van der Waals surface area contributed by atoms with Gasteiger partial charge in [-0.15, -0.1) is 0 Å². The number of nitrogens with one attached hydrogen (secondary N) is 4. The number of carbonyl (C=O) groups is 4. The quantitative estimate of drug-likeness (QED) is 0.106. The summed E-state index contributed by atoms with van der Waals surface area (Å²) in [5.74, 6) is 0. The highest BCUT2D eigenvalue weighted by atomic mass is 28.4. The molecule has 0 saturated heterocycles. The summed E-state index contributed by atoms with van der Waals surface area (Å²) in [7, 11) is -2.67. The van der Waals surface area contributed by atoms with Crippen molar-refractivity contribution in [1.82, 2.24) is 21.3 Å². The van der Waals surface area contributed by atoms with Crippen LogP contribution in [0.5, 0.6) is 0 Å². The largest absolute Gasteiger partial charge is 0.453 e. The average molecular weight is 527 g/mol. The summed E-state index contributed by atoms with van der Waals surface area (Å²) in [6, 6.07) is 0.981. The van der Waals surface area contributed by atoms with E-state index in [1.165, 1.54) is 7.11 Å². The topological polar surface area (TPSA) is 172 Å². The van der Waals surface area contributed by atoms with Crippen molar-refractivity contribution in [2.24, 2.45) is 0 Å². The third-order valence-electron chi connectivity index (χ3n) is 3.99. The van der Waals surface area contributed by atoms with Crippen molar-refractivity contribution < 1.29 is 47.0 Å². The SMILES string of the molecule is CC[Si](C)(C)O[Si](C)(C)COC(=O)NCNC(=O)OCCOCCOC(=O)NCNC(=O)OC. The Morgan fingerprint density at radius 1 is 0.647 bits per heavy atom. The first-order valence-electron chi connectivity index (χ1n) is 10.7. The predicted octanol–water partition coefficient (Wildman–Crippen LogP) is 1.44. The lowest BCUT2D eigenvalue weighted by atomic mass is 10.7. The minimum absolute atomic E-state index is 0.0366. The summed E-state index contributed by atoms with van der Waals surface area (Å²) < 4.78 is 30.5. The highest BCUT2D eigenvalue weighted by Crippen LogP contribution is 2.18. The monoisotopic (exact) mass is 526 g/mol. The molecule has 16 heteroatoms. The van der Waals surface area contributed by atoms with Gasteiger partial charge in [-0.05, 0) is 32.2 Å². The van der Waals surface area contributed by atoms with Crippen molar-refractivity contribution in [2.45, 2.75) is 39.2 Å². The molecule has 0 fully saturated rings. The number of carbonyl (C=O) groups excluding carboxylic acids is 4. The number of amides is 4. The van der Waals surface area contributed by atoms with Crippen LogP contribution >= 0.6 is 0 Å². The molecule has 0 aromatic heterocycles. The van der Waals surface area contributed by atoms with E-state index in [1.807, 2.05) is 13.1 Å². The van der Waals surface area contributed by atoms with Crippen LogP contribution in [0.25, 0.3) is 0 Å². The normalized spacial score (nSPS) is 11.1. The van der Waals surface area contributed by atoms with Gasteiger partial charge in [-0.25, -0.2) is 19.2 Å². The van der Waals surface area contributed by atoms with E-state index < -0.39 is 41.0 Å². The molecular weight excluding hydrogens is 488 g/mol.